The van der Waals surface area contributed by atoms with Gasteiger partial charge in [0.2, 0.25) is 0 Å². The van der Waals surface area contributed by atoms with Crippen LogP contribution in [0.5, 0.6) is 0 Å². The van der Waals surface area contributed by atoms with E-state index in [1.165, 1.54) is 6.07 Å². The topological polar surface area (TPSA) is 37.3 Å². The molecule has 2 nitrogen and oxygen atoms in total. The first-order valence-electron chi connectivity index (χ1n) is 5.19. The third-order valence-electron chi connectivity index (χ3n) is 2.60. The normalized spacial score (nSPS) is 10.7. The van der Waals surface area contributed by atoms with Crippen LogP contribution in [0, 0.1) is 5.82 Å². The van der Waals surface area contributed by atoms with Gasteiger partial charge in [0.25, 0.3) is 0 Å². The Bertz CT molecular complexity index is 716. The molecule has 0 heterocycles. The van der Waals surface area contributed by atoms with Gasteiger partial charge in [-0.05, 0) is 24.3 Å². The molecule has 0 aliphatic heterocycles. The van der Waals surface area contributed by atoms with E-state index in [0.717, 1.165) is 18.2 Å². The van der Waals surface area contributed by atoms with Crippen LogP contribution in [0.25, 0.3) is 11.1 Å². The van der Waals surface area contributed by atoms with E-state index >= 15 is 0 Å². The van der Waals surface area contributed by atoms with Gasteiger partial charge in [-0.1, -0.05) is 46.4 Å². The maximum atomic E-state index is 13.4. The lowest BCUT2D eigenvalue weighted by atomic mass is 9.99. The highest BCUT2D eigenvalue weighted by atomic mass is 35.5. The van der Waals surface area contributed by atoms with Gasteiger partial charge in [-0.25, -0.2) is 9.18 Å². The fraction of sp³-hybridized carbons (Fsp3) is 0. The zero-order chi connectivity index (χ0) is 15.0. The fourth-order valence-corrected chi connectivity index (χ4v) is 2.84. The monoisotopic (exact) mass is 352 g/mol. The highest BCUT2D eigenvalue weighted by Gasteiger charge is 2.21. The molecule has 104 valence electrons. The van der Waals surface area contributed by atoms with Crippen molar-refractivity contribution in [1.29, 1.82) is 0 Å². The molecule has 20 heavy (non-hydrogen) atoms. The first-order valence-corrected chi connectivity index (χ1v) is 6.70. The molecule has 0 unspecified atom stereocenters. The van der Waals surface area contributed by atoms with E-state index < -0.39 is 11.8 Å². The summed E-state index contributed by atoms with van der Waals surface area (Å²) in [5.41, 5.74) is 0.0132. The molecule has 0 aliphatic carbocycles. The van der Waals surface area contributed by atoms with Crippen molar-refractivity contribution in [1.82, 2.24) is 0 Å². The summed E-state index contributed by atoms with van der Waals surface area (Å²) in [6.45, 7) is 0. The van der Waals surface area contributed by atoms with Gasteiger partial charge >= 0.3 is 5.97 Å². The zero-order valence-corrected chi connectivity index (χ0v) is 12.6. The number of aromatic carboxylic acids is 1. The molecule has 0 atom stereocenters. The van der Waals surface area contributed by atoms with E-state index in [4.69, 9.17) is 51.5 Å². The predicted molar refractivity (Wildman–Crippen MR) is 78.8 cm³/mol. The first-order chi connectivity index (χ1) is 9.32. The van der Waals surface area contributed by atoms with Gasteiger partial charge in [0.1, 0.15) is 5.82 Å². The SMILES string of the molecule is O=C(O)c1ccc(F)cc1-c1c(Cl)cc(Cl)c(Cl)c1Cl. The van der Waals surface area contributed by atoms with Gasteiger partial charge in [-0.3, -0.25) is 0 Å². The number of rotatable bonds is 2. The number of carboxylic acid groups (broad SMARTS) is 1. The van der Waals surface area contributed by atoms with Crippen molar-refractivity contribution in [2.24, 2.45) is 0 Å². The van der Waals surface area contributed by atoms with Crippen molar-refractivity contribution < 1.29 is 14.3 Å². The molecular formula is C13H5Cl4FO2. The Kier molecular flexibility index (Phi) is 4.45. The Labute approximate surface area is 133 Å². The molecule has 0 fully saturated rings. The molecule has 0 bridgehead atoms. The summed E-state index contributed by atoms with van der Waals surface area (Å²) in [4.78, 5) is 11.2. The average molecular weight is 354 g/mol. The number of benzene rings is 2. The van der Waals surface area contributed by atoms with E-state index in [1.54, 1.807) is 0 Å². The molecule has 0 spiro atoms. The first kappa shape index (κ1) is 15.4. The van der Waals surface area contributed by atoms with Crippen molar-refractivity contribution >= 4 is 52.4 Å². The summed E-state index contributed by atoms with van der Waals surface area (Å²) in [6.07, 6.45) is 0. The summed E-state index contributed by atoms with van der Waals surface area (Å²) >= 11 is 23.8. The molecule has 1 N–H and O–H groups in total. The second kappa shape index (κ2) is 5.78. The molecule has 0 aromatic heterocycles. The van der Waals surface area contributed by atoms with Crippen LogP contribution < -0.4 is 0 Å². The molecular weight excluding hydrogens is 349 g/mol. The Morgan fingerprint density at radius 2 is 1.65 bits per heavy atom. The summed E-state index contributed by atoms with van der Waals surface area (Å²) in [5.74, 6) is -1.86. The molecule has 2 aromatic rings. The lowest BCUT2D eigenvalue weighted by Crippen LogP contribution is -2.01. The Hall–Kier alpha value is -1.000. The molecule has 7 heteroatoms. The smallest absolute Gasteiger partial charge is 0.336 e. The van der Waals surface area contributed by atoms with E-state index in [0.29, 0.717) is 0 Å². The number of halogens is 5. The van der Waals surface area contributed by atoms with Crippen LogP contribution >= 0.6 is 46.4 Å². The molecule has 2 aromatic carbocycles. The van der Waals surface area contributed by atoms with Crippen molar-refractivity contribution in [3.63, 3.8) is 0 Å². The van der Waals surface area contributed by atoms with Crippen LogP contribution in [0.15, 0.2) is 24.3 Å². The van der Waals surface area contributed by atoms with E-state index in [-0.39, 0.29) is 36.8 Å². The van der Waals surface area contributed by atoms with Gasteiger partial charge in [-0.15, -0.1) is 0 Å². The van der Waals surface area contributed by atoms with Crippen LogP contribution in [0.1, 0.15) is 10.4 Å². The van der Waals surface area contributed by atoms with Crippen LogP contribution in [-0.2, 0) is 0 Å². The number of carbonyl (C=O) groups is 1. The average Bonchev–Trinajstić information content (AvgIpc) is 2.36. The summed E-state index contributed by atoms with van der Waals surface area (Å²) in [5, 5.41) is 9.35. The summed E-state index contributed by atoms with van der Waals surface area (Å²) in [7, 11) is 0. The maximum absolute atomic E-state index is 13.4. The lowest BCUT2D eigenvalue weighted by Gasteiger charge is -2.12. The molecule has 2 rings (SSSR count). The maximum Gasteiger partial charge on any atom is 0.336 e. The molecule has 0 radical (unpaired) electrons. The minimum Gasteiger partial charge on any atom is -0.478 e. The second-order valence-corrected chi connectivity index (χ2v) is 5.41. The number of carboxylic acids is 1. The van der Waals surface area contributed by atoms with Gasteiger partial charge in [0.15, 0.2) is 0 Å². The summed E-state index contributed by atoms with van der Waals surface area (Å²) < 4.78 is 13.4. The van der Waals surface area contributed by atoms with E-state index in [9.17, 15) is 9.18 Å². The Morgan fingerprint density at radius 1 is 1.00 bits per heavy atom. The van der Waals surface area contributed by atoms with E-state index in [2.05, 4.69) is 0 Å². The predicted octanol–water partition coefficient (Wildman–Crippen LogP) is 5.80. The van der Waals surface area contributed by atoms with Crippen molar-refractivity contribution in [3.8, 4) is 11.1 Å². The van der Waals surface area contributed by atoms with Gasteiger partial charge in [-0.2, -0.15) is 0 Å². The molecule has 0 aliphatic rings. The van der Waals surface area contributed by atoms with Crippen molar-refractivity contribution in [2.45, 2.75) is 0 Å². The standard InChI is InChI=1S/C13H5Cl4FO2/c14-8-4-9(15)11(16)12(17)10(8)7-3-5(18)1-2-6(7)13(19)20/h1-4H,(H,19,20). The Balaban J connectivity index is 2.84. The highest BCUT2D eigenvalue weighted by Crippen LogP contribution is 2.44. The quantitative estimate of drug-likeness (QED) is 0.546. The van der Waals surface area contributed by atoms with Gasteiger partial charge in [0.05, 0.1) is 25.7 Å². The lowest BCUT2D eigenvalue weighted by molar-refractivity contribution is 0.0697. The summed E-state index contributed by atoms with van der Waals surface area (Å²) in [6, 6.07) is 4.51. The minimum atomic E-state index is -1.24. The third kappa shape index (κ3) is 2.72. The van der Waals surface area contributed by atoms with Crippen LogP contribution in [0.4, 0.5) is 4.39 Å². The van der Waals surface area contributed by atoms with Crippen LogP contribution in [0.3, 0.4) is 0 Å². The fourth-order valence-electron chi connectivity index (χ4n) is 1.72. The van der Waals surface area contributed by atoms with Crippen LogP contribution in [0.2, 0.25) is 20.1 Å². The highest BCUT2D eigenvalue weighted by molar-refractivity contribution is 6.51. The minimum absolute atomic E-state index is 0.0216. The molecule has 0 amide bonds. The number of hydrogen-bond donors (Lipinski definition) is 1. The molecule has 0 saturated heterocycles. The number of hydrogen-bond acceptors (Lipinski definition) is 1. The third-order valence-corrected chi connectivity index (χ3v) is 4.16. The largest absolute Gasteiger partial charge is 0.478 e. The second-order valence-electron chi connectivity index (χ2n) is 3.84. The zero-order valence-electron chi connectivity index (χ0n) is 9.55. The Morgan fingerprint density at radius 3 is 2.25 bits per heavy atom. The van der Waals surface area contributed by atoms with Crippen molar-refractivity contribution in [2.75, 3.05) is 0 Å². The van der Waals surface area contributed by atoms with Crippen molar-refractivity contribution in [3.05, 3.63) is 55.7 Å². The van der Waals surface area contributed by atoms with Gasteiger partial charge in [0, 0.05) is 11.1 Å². The van der Waals surface area contributed by atoms with Crippen LogP contribution in [-0.4, -0.2) is 11.1 Å². The molecule has 0 saturated carbocycles. The van der Waals surface area contributed by atoms with Gasteiger partial charge < -0.3 is 5.11 Å². The van der Waals surface area contributed by atoms with E-state index in [1.807, 2.05) is 0 Å².